The molecule has 3 aromatic rings. The third kappa shape index (κ3) is 4.32. The van der Waals surface area contributed by atoms with Crippen molar-refractivity contribution in [3.8, 4) is 34.5 Å². The quantitative estimate of drug-likeness (QED) is 0.561. The fourth-order valence-electron chi connectivity index (χ4n) is 4.17. The molecule has 0 bridgehead atoms. The smallest absolute Gasteiger partial charge is 0.259 e. The number of amides is 1. The molecule has 33 heavy (non-hydrogen) atoms. The van der Waals surface area contributed by atoms with Crippen LogP contribution in [-0.4, -0.2) is 61.3 Å². The van der Waals surface area contributed by atoms with Gasteiger partial charge in [-0.1, -0.05) is 0 Å². The summed E-state index contributed by atoms with van der Waals surface area (Å²) in [5.41, 5.74) is 2.42. The molecule has 1 aromatic carbocycles. The highest BCUT2D eigenvalue weighted by atomic mass is 32.1. The summed E-state index contributed by atoms with van der Waals surface area (Å²) < 4.78 is 21.7. The summed E-state index contributed by atoms with van der Waals surface area (Å²) in [6, 6.07) is 9.33. The Bertz CT molecular complexity index is 1160. The first kappa shape index (κ1) is 21.5. The highest BCUT2D eigenvalue weighted by Gasteiger charge is 2.28. The number of piperidine rings is 1. The third-order valence-corrected chi connectivity index (χ3v) is 6.97. The molecule has 0 radical (unpaired) electrons. The lowest BCUT2D eigenvalue weighted by molar-refractivity contribution is 0.0708. The zero-order valence-electron chi connectivity index (χ0n) is 18.6. The van der Waals surface area contributed by atoms with Crippen LogP contribution in [0.25, 0.3) is 11.3 Å². The van der Waals surface area contributed by atoms with Crippen LogP contribution in [0.5, 0.6) is 23.3 Å². The van der Waals surface area contributed by atoms with E-state index in [-0.39, 0.29) is 11.8 Å². The number of thiazole rings is 1. The van der Waals surface area contributed by atoms with Crippen LogP contribution in [0, 0.1) is 0 Å². The first-order chi connectivity index (χ1) is 16.2. The van der Waals surface area contributed by atoms with Gasteiger partial charge in [0.05, 0.1) is 24.9 Å². The molecule has 1 fully saturated rings. The zero-order valence-corrected chi connectivity index (χ0v) is 19.4. The van der Waals surface area contributed by atoms with E-state index in [2.05, 4.69) is 10.4 Å². The van der Waals surface area contributed by atoms with Gasteiger partial charge in [-0.3, -0.25) is 4.79 Å². The van der Waals surface area contributed by atoms with Crippen molar-refractivity contribution in [2.24, 2.45) is 0 Å². The molecule has 1 saturated heterocycles. The Morgan fingerprint density at radius 3 is 2.58 bits per heavy atom. The van der Waals surface area contributed by atoms with Crippen molar-refractivity contribution in [3.05, 3.63) is 46.3 Å². The predicted octanol–water partition coefficient (Wildman–Crippen LogP) is 4.01. The first-order valence-corrected chi connectivity index (χ1v) is 11.8. The summed E-state index contributed by atoms with van der Waals surface area (Å²) in [7, 11) is 3.04. The normalized spacial score (nSPS) is 15.9. The Hall–Kier alpha value is -3.33. The molecule has 172 valence electrons. The molecule has 0 N–H and O–H groups in total. The van der Waals surface area contributed by atoms with Crippen molar-refractivity contribution in [2.45, 2.75) is 18.8 Å². The van der Waals surface area contributed by atoms with E-state index in [1.807, 2.05) is 23.1 Å². The molecule has 4 heterocycles. The average molecular weight is 468 g/mol. The zero-order chi connectivity index (χ0) is 22.8. The number of benzene rings is 1. The summed E-state index contributed by atoms with van der Waals surface area (Å²) in [4.78, 5) is 24.0. The molecule has 2 aromatic heterocycles. The number of carbonyl (C=O) groups excluding carboxylic acids is 1. The summed E-state index contributed by atoms with van der Waals surface area (Å²) in [6.07, 6.45) is 1.73. The minimum atomic E-state index is -0.0726. The molecule has 0 spiro atoms. The second-order valence-corrected chi connectivity index (χ2v) is 8.80. The molecule has 2 aliphatic rings. The lowest BCUT2D eigenvalue weighted by Crippen LogP contribution is -2.38. The van der Waals surface area contributed by atoms with Crippen LogP contribution in [0.1, 0.15) is 34.1 Å². The van der Waals surface area contributed by atoms with Gasteiger partial charge in [-0.25, -0.2) is 4.98 Å². The Labute approximate surface area is 196 Å². The highest BCUT2D eigenvalue weighted by Crippen LogP contribution is 2.37. The van der Waals surface area contributed by atoms with Crippen LogP contribution >= 0.6 is 11.3 Å². The third-order valence-electron chi connectivity index (χ3n) is 5.96. The second kappa shape index (κ2) is 9.27. The van der Waals surface area contributed by atoms with Gasteiger partial charge < -0.3 is 23.8 Å². The van der Waals surface area contributed by atoms with Gasteiger partial charge in [-0.05, 0) is 37.1 Å². The number of fused-ring (bicyclic) bond motifs is 1. The van der Waals surface area contributed by atoms with Crippen LogP contribution in [0.2, 0.25) is 0 Å². The van der Waals surface area contributed by atoms with Gasteiger partial charge >= 0.3 is 0 Å². The van der Waals surface area contributed by atoms with Gasteiger partial charge in [0.1, 0.15) is 18.8 Å². The van der Waals surface area contributed by atoms with Gasteiger partial charge in [0, 0.05) is 36.0 Å². The maximum atomic E-state index is 13.1. The molecule has 0 unspecified atom stereocenters. The summed E-state index contributed by atoms with van der Waals surface area (Å²) in [5.74, 6) is 2.51. The number of ether oxygens (including phenoxy) is 4. The molecular formula is C24H25N3O5S. The van der Waals surface area contributed by atoms with Crippen LogP contribution in [0.3, 0.4) is 0 Å². The number of hydrogen-bond acceptors (Lipinski definition) is 8. The van der Waals surface area contributed by atoms with E-state index < -0.39 is 0 Å². The molecule has 0 aliphatic carbocycles. The summed E-state index contributed by atoms with van der Waals surface area (Å²) in [5, 5.41) is 3.20. The maximum absolute atomic E-state index is 13.1. The molecule has 5 rings (SSSR count). The first-order valence-electron chi connectivity index (χ1n) is 10.9. The van der Waals surface area contributed by atoms with Gasteiger partial charge in [0.15, 0.2) is 11.5 Å². The number of aromatic nitrogens is 2. The summed E-state index contributed by atoms with van der Waals surface area (Å²) in [6.45, 7) is 2.47. The monoisotopic (exact) mass is 467 g/mol. The number of nitrogens with zero attached hydrogens (tertiary/aromatic N) is 3. The molecule has 0 atom stereocenters. The van der Waals surface area contributed by atoms with Crippen molar-refractivity contribution >= 4 is 17.2 Å². The molecular weight excluding hydrogens is 442 g/mol. The fraction of sp³-hybridized carbons (Fsp3) is 0.375. The number of methoxy groups -OCH3 is 2. The van der Waals surface area contributed by atoms with Crippen molar-refractivity contribution in [2.75, 3.05) is 40.5 Å². The SMILES string of the molecule is COc1ccc(C(=O)N2CCC(c3nc(-c4ccc5c(c4)OCCO5)cs3)CC2)c(OC)n1. The van der Waals surface area contributed by atoms with Crippen LogP contribution in [0.15, 0.2) is 35.7 Å². The van der Waals surface area contributed by atoms with E-state index in [1.54, 1.807) is 23.5 Å². The van der Waals surface area contributed by atoms with Gasteiger partial charge in [-0.15, -0.1) is 11.3 Å². The minimum absolute atomic E-state index is 0.0726. The van der Waals surface area contributed by atoms with Gasteiger partial charge in [-0.2, -0.15) is 4.98 Å². The number of hydrogen-bond donors (Lipinski definition) is 0. The van der Waals surface area contributed by atoms with E-state index in [1.165, 1.54) is 14.2 Å². The predicted molar refractivity (Wildman–Crippen MR) is 124 cm³/mol. The summed E-state index contributed by atoms with van der Waals surface area (Å²) >= 11 is 1.67. The maximum Gasteiger partial charge on any atom is 0.259 e. The number of rotatable bonds is 5. The Morgan fingerprint density at radius 1 is 1.03 bits per heavy atom. The molecule has 1 amide bonds. The van der Waals surface area contributed by atoms with Crippen molar-refractivity contribution in [1.82, 2.24) is 14.9 Å². The number of likely N-dealkylation sites (tertiary alicyclic amines) is 1. The molecule has 9 heteroatoms. The van der Waals surface area contributed by atoms with Crippen LogP contribution < -0.4 is 18.9 Å². The Balaban J connectivity index is 1.25. The van der Waals surface area contributed by atoms with Gasteiger partial charge in [0.2, 0.25) is 11.8 Å². The lowest BCUT2D eigenvalue weighted by Gasteiger charge is -2.31. The van der Waals surface area contributed by atoms with E-state index in [9.17, 15) is 4.79 Å². The second-order valence-electron chi connectivity index (χ2n) is 7.91. The largest absolute Gasteiger partial charge is 0.486 e. The molecule has 2 aliphatic heterocycles. The fourth-order valence-corrected chi connectivity index (χ4v) is 5.17. The highest BCUT2D eigenvalue weighted by molar-refractivity contribution is 7.10. The number of carbonyl (C=O) groups is 1. The topological polar surface area (TPSA) is 83.0 Å². The van der Waals surface area contributed by atoms with Crippen molar-refractivity contribution in [3.63, 3.8) is 0 Å². The van der Waals surface area contributed by atoms with E-state index in [0.717, 1.165) is 40.6 Å². The van der Waals surface area contributed by atoms with E-state index in [0.29, 0.717) is 43.7 Å². The van der Waals surface area contributed by atoms with E-state index in [4.69, 9.17) is 23.9 Å². The minimum Gasteiger partial charge on any atom is -0.486 e. The molecule has 0 saturated carbocycles. The van der Waals surface area contributed by atoms with Crippen molar-refractivity contribution < 1.29 is 23.7 Å². The van der Waals surface area contributed by atoms with E-state index >= 15 is 0 Å². The van der Waals surface area contributed by atoms with Crippen LogP contribution in [-0.2, 0) is 0 Å². The van der Waals surface area contributed by atoms with Gasteiger partial charge in [0.25, 0.3) is 5.91 Å². The molecule has 8 nitrogen and oxygen atoms in total. The Morgan fingerprint density at radius 2 is 1.82 bits per heavy atom. The van der Waals surface area contributed by atoms with Crippen LogP contribution in [0.4, 0.5) is 0 Å². The Kier molecular flexibility index (Phi) is 6.04. The van der Waals surface area contributed by atoms with Crippen molar-refractivity contribution in [1.29, 1.82) is 0 Å². The average Bonchev–Trinajstić information content (AvgIpc) is 3.38. The lowest BCUT2D eigenvalue weighted by atomic mass is 9.97. The standard InChI is InChI=1S/C24H25N3O5S/c1-29-21-6-4-17(22(26-21)30-2)24(28)27-9-7-15(8-10-27)23-25-18(14-33-23)16-3-5-19-20(13-16)32-12-11-31-19/h3-6,13-15H,7-12H2,1-2H3. The number of pyridine rings is 1.